The SMILES string of the molecule is N#Cc1ccc(Nc2cc(C(F)(F)F)nc(N)n2)cc1. The molecule has 0 saturated heterocycles. The number of nitrogens with two attached hydrogens (primary N) is 1. The Morgan fingerprint density at radius 3 is 2.35 bits per heavy atom. The van der Waals surface area contributed by atoms with Crippen molar-refractivity contribution in [3.05, 3.63) is 41.6 Å². The third kappa shape index (κ3) is 3.14. The lowest BCUT2D eigenvalue weighted by atomic mass is 10.2. The number of alkyl halides is 3. The van der Waals surface area contributed by atoms with Crippen molar-refractivity contribution < 1.29 is 13.2 Å². The average molecular weight is 279 g/mol. The number of nitrogen functional groups attached to an aromatic ring is 1. The summed E-state index contributed by atoms with van der Waals surface area (Å²) in [5.74, 6) is -0.550. The molecule has 0 atom stereocenters. The van der Waals surface area contributed by atoms with E-state index < -0.39 is 17.8 Å². The zero-order chi connectivity index (χ0) is 14.8. The minimum absolute atomic E-state index is 0.0745. The zero-order valence-electron chi connectivity index (χ0n) is 9.94. The van der Waals surface area contributed by atoms with Gasteiger partial charge in [-0.1, -0.05) is 0 Å². The maximum Gasteiger partial charge on any atom is 0.433 e. The molecule has 0 amide bonds. The van der Waals surface area contributed by atoms with Gasteiger partial charge in [-0.05, 0) is 24.3 Å². The van der Waals surface area contributed by atoms with E-state index in [1.807, 2.05) is 6.07 Å². The lowest BCUT2D eigenvalue weighted by Gasteiger charge is -2.10. The molecular formula is C12H8F3N5. The molecule has 0 saturated carbocycles. The lowest BCUT2D eigenvalue weighted by Crippen LogP contribution is -2.12. The number of anilines is 3. The second-order valence-electron chi connectivity index (χ2n) is 3.81. The Labute approximate surface area is 111 Å². The van der Waals surface area contributed by atoms with Crippen molar-refractivity contribution in [3.63, 3.8) is 0 Å². The molecule has 2 aromatic rings. The van der Waals surface area contributed by atoms with E-state index in [0.717, 1.165) is 6.07 Å². The van der Waals surface area contributed by atoms with Crippen molar-refractivity contribution in [2.24, 2.45) is 0 Å². The predicted octanol–water partition coefficient (Wildman–Crippen LogP) is 2.69. The molecule has 102 valence electrons. The third-order valence-corrected chi connectivity index (χ3v) is 2.32. The van der Waals surface area contributed by atoms with Gasteiger partial charge in [0, 0.05) is 11.8 Å². The van der Waals surface area contributed by atoms with Crippen molar-refractivity contribution in [2.45, 2.75) is 6.18 Å². The summed E-state index contributed by atoms with van der Waals surface area (Å²) in [7, 11) is 0. The molecule has 8 heteroatoms. The molecule has 1 aromatic carbocycles. The Balaban J connectivity index is 2.29. The summed E-state index contributed by atoms with van der Waals surface area (Å²) in [5, 5.41) is 11.3. The molecule has 0 aliphatic heterocycles. The van der Waals surface area contributed by atoms with Gasteiger partial charge in [-0.2, -0.15) is 23.4 Å². The van der Waals surface area contributed by atoms with Gasteiger partial charge in [-0.25, -0.2) is 4.98 Å². The van der Waals surface area contributed by atoms with E-state index in [1.54, 1.807) is 12.1 Å². The maximum atomic E-state index is 12.6. The van der Waals surface area contributed by atoms with Crippen LogP contribution in [0.3, 0.4) is 0 Å². The summed E-state index contributed by atoms with van der Waals surface area (Å²) in [6.07, 6.45) is -4.60. The number of benzene rings is 1. The van der Waals surface area contributed by atoms with Crippen LogP contribution in [0.4, 0.5) is 30.6 Å². The van der Waals surface area contributed by atoms with Crippen LogP contribution in [0.25, 0.3) is 0 Å². The number of halogens is 3. The quantitative estimate of drug-likeness (QED) is 0.882. The van der Waals surface area contributed by atoms with Crippen molar-refractivity contribution in [3.8, 4) is 6.07 Å². The van der Waals surface area contributed by atoms with Crippen LogP contribution in [0.5, 0.6) is 0 Å². The molecule has 0 aliphatic rings. The standard InChI is InChI=1S/C12H8F3N5/c13-12(14,15)9-5-10(20-11(17)19-9)18-8-3-1-7(6-16)2-4-8/h1-5H,(H3,17,18,19,20). The summed E-state index contributed by atoms with van der Waals surface area (Å²) in [6, 6.07) is 8.83. The highest BCUT2D eigenvalue weighted by Crippen LogP contribution is 2.29. The molecule has 0 radical (unpaired) electrons. The first-order valence-electron chi connectivity index (χ1n) is 5.37. The molecule has 1 aromatic heterocycles. The second-order valence-corrected chi connectivity index (χ2v) is 3.81. The van der Waals surface area contributed by atoms with E-state index in [1.165, 1.54) is 12.1 Å². The van der Waals surface area contributed by atoms with Gasteiger partial charge in [-0.15, -0.1) is 0 Å². The van der Waals surface area contributed by atoms with Crippen LogP contribution in [0.2, 0.25) is 0 Å². The van der Waals surface area contributed by atoms with E-state index in [2.05, 4.69) is 15.3 Å². The van der Waals surface area contributed by atoms with Crippen LogP contribution < -0.4 is 11.1 Å². The predicted molar refractivity (Wildman–Crippen MR) is 65.9 cm³/mol. The van der Waals surface area contributed by atoms with Crippen LogP contribution in [0, 0.1) is 11.3 Å². The number of hydrogen-bond donors (Lipinski definition) is 2. The van der Waals surface area contributed by atoms with E-state index >= 15 is 0 Å². The second kappa shape index (κ2) is 5.05. The lowest BCUT2D eigenvalue weighted by molar-refractivity contribution is -0.141. The summed E-state index contributed by atoms with van der Waals surface area (Å²) < 4.78 is 37.7. The van der Waals surface area contributed by atoms with E-state index in [0.29, 0.717) is 11.3 Å². The van der Waals surface area contributed by atoms with Gasteiger partial charge in [0.05, 0.1) is 11.6 Å². The van der Waals surface area contributed by atoms with Crippen LogP contribution in [-0.2, 0) is 6.18 Å². The highest BCUT2D eigenvalue weighted by Gasteiger charge is 2.33. The van der Waals surface area contributed by atoms with Crippen LogP contribution in [0.15, 0.2) is 30.3 Å². The van der Waals surface area contributed by atoms with Crippen molar-refractivity contribution >= 4 is 17.5 Å². The van der Waals surface area contributed by atoms with Gasteiger partial charge in [0.25, 0.3) is 0 Å². The highest BCUT2D eigenvalue weighted by molar-refractivity contribution is 5.58. The number of hydrogen-bond acceptors (Lipinski definition) is 5. The molecule has 0 unspecified atom stereocenters. The minimum atomic E-state index is -4.60. The molecule has 1 heterocycles. The summed E-state index contributed by atoms with van der Waals surface area (Å²) in [4.78, 5) is 6.81. The summed E-state index contributed by atoms with van der Waals surface area (Å²) in [6.45, 7) is 0. The largest absolute Gasteiger partial charge is 0.433 e. The number of aromatic nitrogens is 2. The fraction of sp³-hybridized carbons (Fsp3) is 0.0833. The van der Waals surface area contributed by atoms with E-state index in [-0.39, 0.29) is 5.82 Å². The molecule has 0 fully saturated rings. The van der Waals surface area contributed by atoms with Crippen molar-refractivity contribution in [2.75, 3.05) is 11.1 Å². The Morgan fingerprint density at radius 2 is 1.80 bits per heavy atom. The zero-order valence-corrected chi connectivity index (χ0v) is 9.94. The Kier molecular flexibility index (Phi) is 3.43. The third-order valence-electron chi connectivity index (χ3n) is 2.32. The van der Waals surface area contributed by atoms with Gasteiger partial charge in [-0.3, -0.25) is 0 Å². The topological polar surface area (TPSA) is 87.6 Å². The molecule has 0 aliphatic carbocycles. The molecule has 20 heavy (non-hydrogen) atoms. The van der Waals surface area contributed by atoms with Gasteiger partial charge in [0.15, 0.2) is 5.69 Å². The molecule has 3 N–H and O–H groups in total. The monoisotopic (exact) mass is 279 g/mol. The molecule has 0 bridgehead atoms. The Bertz CT molecular complexity index is 658. The molecule has 0 spiro atoms. The van der Waals surface area contributed by atoms with Gasteiger partial charge >= 0.3 is 6.18 Å². The van der Waals surface area contributed by atoms with Gasteiger partial charge < -0.3 is 11.1 Å². The highest BCUT2D eigenvalue weighted by atomic mass is 19.4. The fourth-order valence-electron chi connectivity index (χ4n) is 1.45. The fourth-order valence-corrected chi connectivity index (χ4v) is 1.45. The Morgan fingerprint density at radius 1 is 1.15 bits per heavy atom. The van der Waals surface area contributed by atoms with E-state index in [4.69, 9.17) is 11.0 Å². The van der Waals surface area contributed by atoms with Gasteiger partial charge in [0.2, 0.25) is 5.95 Å². The van der Waals surface area contributed by atoms with Crippen molar-refractivity contribution in [1.82, 2.24) is 9.97 Å². The first kappa shape index (κ1) is 13.6. The number of nitrogens with one attached hydrogen (secondary N) is 1. The Hall–Kier alpha value is -2.82. The molecule has 5 nitrogen and oxygen atoms in total. The number of nitrogens with zero attached hydrogens (tertiary/aromatic N) is 3. The minimum Gasteiger partial charge on any atom is -0.368 e. The first-order chi connectivity index (χ1) is 9.38. The smallest absolute Gasteiger partial charge is 0.368 e. The van der Waals surface area contributed by atoms with Crippen molar-refractivity contribution in [1.29, 1.82) is 5.26 Å². The summed E-state index contributed by atoms with van der Waals surface area (Å²) in [5.41, 5.74) is 5.05. The normalized spacial score (nSPS) is 10.9. The molecule has 2 rings (SSSR count). The van der Waals surface area contributed by atoms with Crippen LogP contribution in [-0.4, -0.2) is 9.97 Å². The molecular weight excluding hydrogens is 271 g/mol. The summed E-state index contributed by atoms with van der Waals surface area (Å²) >= 11 is 0. The van der Waals surface area contributed by atoms with Crippen LogP contribution >= 0.6 is 0 Å². The van der Waals surface area contributed by atoms with E-state index in [9.17, 15) is 13.2 Å². The van der Waals surface area contributed by atoms with Gasteiger partial charge in [0.1, 0.15) is 5.82 Å². The number of nitriles is 1. The average Bonchev–Trinajstić information content (AvgIpc) is 2.38. The number of rotatable bonds is 2. The first-order valence-corrected chi connectivity index (χ1v) is 5.37. The maximum absolute atomic E-state index is 12.6. The van der Waals surface area contributed by atoms with Crippen LogP contribution in [0.1, 0.15) is 11.3 Å².